The van der Waals surface area contributed by atoms with E-state index in [1.807, 2.05) is 0 Å². The maximum Gasteiger partial charge on any atom is 0.237 e. The van der Waals surface area contributed by atoms with Gasteiger partial charge in [0.05, 0.1) is 31.1 Å². The molecule has 1 unspecified atom stereocenters. The Balaban J connectivity index is 1.50. The molecule has 2 aromatic rings. The van der Waals surface area contributed by atoms with Gasteiger partial charge in [-0.25, -0.2) is 8.78 Å². The molecule has 0 aromatic heterocycles. The number of anilines is 2. The van der Waals surface area contributed by atoms with Crippen molar-refractivity contribution in [1.29, 1.82) is 0 Å². The van der Waals surface area contributed by atoms with E-state index in [-0.39, 0.29) is 17.8 Å². The highest BCUT2D eigenvalue weighted by Gasteiger charge is 2.31. The van der Waals surface area contributed by atoms with Crippen LogP contribution in [0.3, 0.4) is 0 Å². The first-order valence-electron chi connectivity index (χ1n) is 8.90. The maximum absolute atomic E-state index is 14.5. The number of likely N-dealkylation sites (N-methyl/N-ethyl adjacent to an activating group) is 1. The van der Waals surface area contributed by atoms with E-state index in [4.69, 9.17) is 9.47 Å². The number of carbonyl (C=O) groups excluding carboxylic acids is 1. The van der Waals surface area contributed by atoms with Gasteiger partial charge in [0.1, 0.15) is 17.6 Å². The molecular formula is C20H19F2N3O3. The van der Waals surface area contributed by atoms with Gasteiger partial charge in [-0.05, 0) is 24.3 Å². The highest BCUT2D eigenvalue weighted by atomic mass is 19.1. The van der Waals surface area contributed by atoms with Gasteiger partial charge in [0.15, 0.2) is 6.29 Å². The Kier molecular flexibility index (Phi) is 5.06. The lowest BCUT2D eigenvalue weighted by molar-refractivity contribution is -0.115. The third-order valence-corrected chi connectivity index (χ3v) is 4.73. The first kappa shape index (κ1) is 18.5. The largest absolute Gasteiger partial charge is 0.367 e. The summed E-state index contributed by atoms with van der Waals surface area (Å²) in [5, 5.41) is 2.62. The molecule has 2 aliphatic rings. The second kappa shape index (κ2) is 7.65. The summed E-state index contributed by atoms with van der Waals surface area (Å²) in [6, 6.07) is 8.96. The second-order valence-corrected chi connectivity index (χ2v) is 6.63. The molecule has 1 atom stereocenters. The van der Waals surface area contributed by atoms with E-state index < -0.39 is 17.6 Å². The van der Waals surface area contributed by atoms with Crippen LogP contribution in [0.5, 0.6) is 0 Å². The zero-order chi connectivity index (χ0) is 19.7. The minimum atomic E-state index is -0.849. The number of nitrogens with one attached hydrogen (secondary N) is 1. The van der Waals surface area contributed by atoms with Crippen LogP contribution in [-0.4, -0.2) is 45.2 Å². The van der Waals surface area contributed by atoms with E-state index in [9.17, 15) is 13.6 Å². The number of rotatable bonds is 5. The lowest BCUT2D eigenvalue weighted by atomic mass is 10.0. The highest BCUT2D eigenvalue weighted by Crippen LogP contribution is 2.34. The van der Waals surface area contributed by atoms with Crippen LogP contribution in [0.15, 0.2) is 41.4 Å². The SMILES string of the molecule is CN(CC1OCCO1)c1ccc(N=CC2C(=O)Nc3cccc(F)c32)cc1F. The first-order chi connectivity index (χ1) is 13.5. The molecule has 2 aromatic carbocycles. The maximum atomic E-state index is 14.5. The fraction of sp³-hybridized carbons (Fsp3) is 0.300. The summed E-state index contributed by atoms with van der Waals surface area (Å²) in [6.07, 6.45) is 0.959. The zero-order valence-electron chi connectivity index (χ0n) is 15.2. The van der Waals surface area contributed by atoms with Crippen molar-refractivity contribution in [1.82, 2.24) is 0 Å². The molecule has 2 aliphatic heterocycles. The monoisotopic (exact) mass is 387 g/mol. The fourth-order valence-electron chi connectivity index (χ4n) is 3.33. The Labute approximate surface area is 160 Å². The summed E-state index contributed by atoms with van der Waals surface area (Å²) in [5.74, 6) is -2.15. The molecule has 8 heteroatoms. The van der Waals surface area contributed by atoms with E-state index in [0.717, 1.165) is 0 Å². The van der Waals surface area contributed by atoms with Gasteiger partial charge in [-0.2, -0.15) is 0 Å². The summed E-state index contributed by atoms with van der Waals surface area (Å²) >= 11 is 0. The van der Waals surface area contributed by atoms with E-state index in [0.29, 0.717) is 36.8 Å². The van der Waals surface area contributed by atoms with E-state index >= 15 is 0 Å². The van der Waals surface area contributed by atoms with Gasteiger partial charge >= 0.3 is 0 Å². The number of fused-ring (bicyclic) bond motifs is 1. The molecule has 2 heterocycles. The van der Waals surface area contributed by atoms with Gasteiger partial charge in [-0.1, -0.05) is 6.07 Å². The topological polar surface area (TPSA) is 63.2 Å². The van der Waals surface area contributed by atoms with Crippen LogP contribution in [0, 0.1) is 11.6 Å². The van der Waals surface area contributed by atoms with Gasteiger partial charge in [0.25, 0.3) is 0 Å². The molecule has 0 spiro atoms. The van der Waals surface area contributed by atoms with Crippen molar-refractivity contribution in [2.75, 3.05) is 37.0 Å². The Bertz CT molecular complexity index is 929. The van der Waals surface area contributed by atoms with Crippen molar-refractivity contribution in [2.45, 2.75) is 12.2 Å². The molecule has 6 nitrogen and oxygen atoms in total. The number of aliphatic imine (C=N–C) groups is 1. The molecule has 1 N–H and O–H groups in total. The van der Waals surface area contributed by atoms with Crippen LogP contribution in [0.2, 0.25) is 0 Å². The van der Waals surface area contributed by atoms with Crippen LogP contribution >= 0.6 is 0 Å². The quantitative estimate of drug-likeness (QED) is 0.801. The average Bonchev–Trinajstić information content (AvgIpc) is 3.27. The minimum Gasteiger partial charge on any atom is -0.367 e. The molecule has 0 saturated carbocycles. The van der Waals surface area contributed by atoms with E-state index in [2.05, 4.69) is 10.3 Å². The zero-order valence-corrected chi connectivity index (χ0v) is 15.2. The summed E-state index contributed by atoms with van der Waals surface area (Å²) in [5.41, 5.74) is 1.40. The van der Waals surface area contributed by atoms with Crippen LogP contribution in [0.25, 0.3) is 0 Å². The smallest absolute Gasteiger partial charge is 0.237 e. The minimum absolute atomic E-state index is 0.254. The lowest BCUT2D eigenvalue weighted by Gasteiger charge is -2.22. The van der Waals surface area contributed by atoms with Gasteiger partial charge in [-0.3, -0.25) is 9.79 Å². The third kappa shape index (κ3) is 3.61. The summed E-state index contributed by atoms with van der Waals surface area (Å²) in [4.78, 5) is 18.0. The van der Waals surface area contributed by atoms with E-state index in [1.54, 1.807) is 30.1 Å². The molecule has 1 amide bonds. The first-order valence-corrected chi connectivity index (χ1v) is 8.90. The Morgan fingerprint density at radius 1 is 1.21 bits per heavy atom. The molecule has 28 heavy (non-hydrogen) atoms. The van der Waals surface area contributed by atoms with Crippen LogP contribution in [0.1, 0.15) is 11.5 Å². The second-order valence-electron chi connectivity index (χ2n) is 6.63. The number of hydrogen-bond donors (Lipinski definition) is 1. The van der Waals surface area contributed by atoms with Gasteiger partial charge < -0.3 is 19.7 Å². The summed E-state index contributed by atoms with van der Waals surface area (Å²) in [7, 11) is 1.75. The number of carbonyl (C=O) groups is 1. The number of amides is 1. The molecule has 0 aliphatic carbocycles. The van der Waals surface area contributed by atoms with Crippen LogP contribution in [0.4, 0.5) is 25.8 Å². The predicted octanol–water partition coefficient (Wildman–Crippen LogP) is 3.21. The van der Waals surface area contributed by atoms with Crippen molar-refractivity contribution in [3.63, 3.8) is 0 Å². The summed E-state index contributed by atoms with van der Waals surface area (Å²) < 4.78 is 39.3. The molecule has 0 bridgehead atoms. The summed E-state index contributed by atoms with van der Waals surface area (Å²) in [6.45, 7) is 1.47. The number of benzene rings is 2. The number of ether oxygens (including phenoxy) is 2. The van der Waals surface area contributed by atoms with Crippen molar-refractivity contribution < 1.29 is 23.0 Å². The predicted molar refractivity (Wildman–Crippen MR) is 101 cm³/mol. The Morgan fingerprint density at radius 2 is 2.00 bits per heavy atom. The Hall–Kier alpha value is -2.84. The third-order valence-electron chi connectivity index (χ3n) is 4.73. The Morgan fingerprint density at radius 3 is 2.75 bits per heavy atom. The molecule has 0 radical (unpaired) electrons. The average molecular weight is 387 g/mol. The highest BCUT2D eigenvalue weighted by molar-refractivity contribution is 6.12. The number of hydrogen-bond acceptors (Lipinski definition) is 5. The number of halogens is 2. The van der Waals surface area contributed by atoms with Gasteiger partial charge in [0.2, 0.25) is 5.91 Å². The number of nitrogens with zero attached hydrogens (tertiary/aromatic N) is 2. The standard InChI is InChI=1S/C20H19F2N3O3/c1-25(11-18-27-7-8-28-18)17-6-5-12(9-15(17)22)23-10-13-19-14(21)3-2-4-16(19)24-20(13)26/h2-6,9-10,13,18H,7-8,11H2,1H3,(H,24,26). The van der Waals surface area contributed by atoms with Crippen molar-refractivity contribution in [2.24, 2.45) is 4.99 Å². The molecule has 4 rings (SSSR count). The van der Waals surface area contributed by atoms with Gasteiger partial charge in [0, 0.05) is 30.6 Å². The van der Waals surface area contributed by atoms with Crippen LogP contribution in [-0.2, 0) is 14.3 Å². The van der Waals surface area contributed by atoms with Crippen molar-refractivity contribution >= 4 is 29.2 Å². The molecule has 1 saturated heterocycles. The fourth-order valence-corrected chi connectivity index (χ4v) is 3.33. The lowest BCUT2D eigenvalue weighted by Crippen LogP contribution is -2.30. The normalized spacial score (nSPS) is 19.2. The van der Waals surface area contributed by atoms with Crippen molar-refractivity contribution in [3.8, 4) is 0 Å². The van der Waals surface area contributed by atoms with Gasteiger partial charge in [-0.15, -0.1) is 0 Å². The van der Waals surface area contributed by atoms with Crippen molar-refractivity contribution in [3.05, 3.63) is 53.6 Å². The molecule has 146 valence electrons. The molecular weight excluding hydrogens is 368 g/mol. The van der Waals surface area contributed by atoms with Crippen LogP contribution < -0.4 is 10.2 Å². The van der Waals surface area contributed by atoms with E-state index in [1.165, 1.54) is 24.4 Å². The molecule has 1 fully saturated rings.